The Bertz CT molecular complexity index is 670. The van der Waals surface area contributed by atoms with Gasteiger partial charge in [-0.15, -0.1) is 11.8 Å². The Labute approximate surface area is 128 Å². The molecule has 4 nitrogen and oxygen atoms in total. The second-order valence-corrected chi connectivity index (χ2v) is 6.36. The van der Waals surface area contributed by atoms with Gasteiger partial charge in [0.2, 0.25) is 5.91 Å². The molecule has 5 heteroatoms. The van der Waals surface area contributed by atoms with Crippen molar-refractivity contribution < 1.29 is 9.59 Å². The zero-order valence-electron chi connectivity index (χ0n) is 12.0. The van der Waals surface area contributed by atoms with Crippen LogP contribution in [0.2, 0.25) is 0 Å². The summed E-state index contributed by atoms with van der Waals surface area (Å²) in [5, 5.41) is 4.08. The van der Waals surface area contributed by atoms with Crippen LogP contribution in [-0.2, 0) is 4.79 Å². The number of fused-ring (bicyclic) bond motifs is 1. The number of nitrogens with one attached hydrogen (secondary N) is 1. The number of imide groups is 1. The van der Waals surface area contributed by atoms with E-state index in [1.165, 1.54) is 11.8 Å². The van der Waals surface area contributed by atoms with Crippen molar-refractivity contribution in [3.8, 4) is 0 Å². The van der Waals surface area contributed by atoms with E-state index in [9.17, 15) is 9.59 Å². The minimum absolute atomic E-state index is 0.0841. The molecule has 0 unspecified atom stereocenters. The first-order valence-electron chi connectivity index (χ1n) is 6.73. The molecule has 0 saturated carbocycles. The van der Waals surface area contributed by atoms with E-state index < -0.39 is 6.03 Å². The Morgan fingerprint density at radius 3 is 2.38 bits per heavy atom. The molecule has 0 fully saturated rings. The van der Waals surface area contributed by atoms with E-state index in [0.29, 0.717) is 0 Å². The molecular formula is C16H18N2O2S. The molecule has 0 aliphatic rings. The second kappa shape index (κ2) is 6.63. The molecule has 110 valence electrons. The summed E-state index contributed by atoms with van der Waals surface area (Å²) in [6, 6.07) is 13.3. The van der Waals surface area contributed by atoms with Crippen LogP contribution in [0.3, 0.4) is 0 Å². The van der Waals surface area contributed by atoms with Gasteiger partial charge < -0.3 is 5.73 Å². The molecule has 0 heterocycles. The lowest BCUT2D eigenvalue weighted by atomic mass is 10.1. The number of thioether (sulfide) groups is 1. The van der Waals surface area contributed by atoms with Gasteiger partial charge in [-0.3, -0.25) is 10.1 Å². The van der Waals surface area contributed by atoms with Gasteiger partial charge in [0.15, 0.2) is 0 Å². The summed E-state index contributed by atoms with van der Waals surface area (Å²) >= 11 is 1.44. The van der Waals surface area contributed by atoms with Crippen LogP contribution >= 0.6 is 11.8 Å². The molecule has 0 saturated heterocycles. The van der Waals surface area contributed by atoms with Crippen molar-refractivity contribution >= 4 is 34.5 Å². The van der Waals surface area contributed by atoms with Gasteiger partial charge in [0, 0.05) is 4.90 Å². The van der Waals surface area contributed by atoms with Crippen molar-refractivity contribution in [2.75, 3.05) is 0 Å². The largest absolute Gasteiger partial charge is 0.351 e. The van der Waals surface area contributed by atoms with Crippen molar-refractivity contribution in [3.63, 3.8) is 0 Å². The lowest BCUT2D eigenvalue weighted by molar-refractivity contribution is -0.120. The zero-order valence-corrected chi connectivity index (χ0v) is 12.8. The predicted molar refractivity (Wildman–Crippen MR) is 86.2 cm³/mol. The highest BCUT2D eigenvalue weighted by Crippen LogP contribution is 2.30. The highest BCUT2D eigenvalue weighted by molar-refractivity contribution is 8.00. The number of benzene rings is 2. The number of amides is 3. The van der Waals surface area contributed by atoms with E-state index in [1.807, 2.05) is 56.3 Å². The summed E-state index contributed by atoms with van der Waals surface area (Å²) in [4.78, 5) is 23.9. The molecule has 3 N–H and O–H groups in total. The summed E-state index contributed by atoms with van der Waals surface area (Å²) in [6.07, 6.45) is 0. The van der Waals surface area contributed by atoms with Gasteiger partial charge in [-0.05, 0) is 28.8 Å². The monoisotopic (exact) mass is 302 g/mol. The van der Waals surface area contributed by atoms with Gasteiger partial charge in [0.05, 0.1) is 5.25 Å². The molecule has 3 amide bonds. The molecule has 0 aromatic heterocycles. The SMILES string of the molecule is CC(C)[C@H](Sc1ccc2ccccc2c1)C(=O)NC(N)=O. The molecule has 0 spiro atoms. The van der Waals surface area contributed by atoms with Crippen molar-refractivity contribution in [2.24, 2.45) is 11.7 Å². The molecule has 0 aliphatic heterocycles. The molecule has 0 aliphatic carbocycles. The summed E-state index contributed by atoms with van der Waals surface area (Å²) < 4.78 is 0. The van der Waals surface area contributed by atoms with E-state index in [1.54, 1.807) is 0 Å². The van der Waals surface area contributed by atoms with Crippen LogP contribution < -0.4 is 11.1 Å². The van der Waals surface area contributed by atoms with Crippen LogP contribution in [0.4, 0.5) is 4.79 Å². The average molecular weight is 302 g/mol. The zero-order chi connectivity index (χ0) is 15.4. The van der Waals surface area contributed by atoms with Crippen LogP contribution in [0.5, 0.6) is 0 Å². The number of hydrogen-bond acceptors (Lipinski definition) is 3. The maximum atomic E-state index is 12.0. The van der Waals surface area contributed by atoms with Crippen LogP contribution in [0.1, 0.15) is 13.8 Å². The summed E-state index contributed by atoms with van der Waals surface area (Å²) in [6.45, 7) is 3.89. The van der Waals surface area contributed by atoms with E-state index in [2.05, 4.69) is 5.32 Å². The second-order valence-electron chi connectivity index (χ2n) is 5.14. The lowest BCUT2D eigenvalue weighted by Gasteiger charge is -2.19. The van der Waals surface area contributed by atoms with E-state index in [0.717, 1.165) is 15.7 Å². The average Bonchev–Trinajstić information content (AvgIpc) is 2.43. The van der Waals surface area contributed by atoms with Crippen molar-refractivity contribution in [1.29, 1.82) is 0 Å². The first-order valence-corrected chi connectivity index (χ1v) is 7.61. The third-order valence-corrected chi connectivity index (χ3v) is 4.63. The summed E-state index contributed by atoms with van der Waals surface area (Å²) in [5.74, 6) is -0.267. The van der Waals surface area contributed by atoms with E-state index in [-0.39, 0.29) is 17.1 Å². The molecule has 2 aromatic carbocycles. The van der Waals surface area contributed by atoms with Crippen LogP contribution in [0, 0.1) is 5.92 Å². The number of carbonyl (C=O) groups is 2. The first-order chi connectivity index (χ1) is 9.97. The third-order valence-electron chi connectivity index (χ3n) is 3.09. The minimum Gasteiger partial charge on any atom is -0.351 e. The topological polar surface area (TPSA) is 72.2 Å². The molecule has 21 heavy (non-hydrogen) atoms. The van der Waals surface area contributed by atoms with Crippen molar-refractivity contribution in [2.45, 2.75) is 24.0 Å². The summed E-state index contributed by atoms with van der Waals surface area (Å²) in [5.41, 5.74) is 5.02. The number of urea groups is 1. The molecule has 2 aromatic rings. The van der Waals surface area contributed by atoms with Crippen molar-refractivity contribution in [3.05, 3.63) is 42.5 Å². The Balaban J connectivity index is 2.22. The quantitative estimate of drug-likeness (QED) is 0.852. The maximum Gasteiger partial charge on any atom is 0.318 e. The fourth-order valence-electron chi connectivity index (χ4n) is 2.07. The van der Waals surface area contributed by atoms with Gasteiger partial charge in [-0.25, -0.2) is 4.79 Å². The van der Waals surface area contributed by atoms with Gasteiger partial charge >= 0.3 is 6.03 Å². The van der Waals surface area contributed by atoms with Gasteiger partial charge in [-0.2, -0.15) is 0 Å². The minimum atomic E-state index is -0.815. The molecule has 0 bridgehead atoms. The number of carbonyl (C=O) groups excluding carboxylic acids is 2. The number of rotatable bonds is 4. The lowest BCUT2D eigenvalue weighted by Crippen LogP contribution is -2.42. The Kier molecular flexibility index (Phi) is 4.85. The normalized spacial score (nSPS) is 12.3. The van der Waals surface area contributed by atoms with Crippen LogP contribution in [0.25, 0.3) is 10.8 Å². The summed E-state index contributed by atoms with van der Waals surface area (Å²) in [7, 11) is 0. The van der Waals surface area contributed by atoms with E-state index in [4.69, 9.17) is 5.73 Å². The molecule has 0 radical (unpaired) electrons. The van der Waals surface area contributed by atoms with Gasteiger partial charge in [0.25, 0.3) is 0 Å². The number of primary amides is 1. The highest BCUT2D eigenvalue weighted by atomic mass is 32.2. The number of hydrogen-bond donors (Lipinski definition) is 2. The molecular weight excluding hydrogens is 284 g/mol. The molecule has 1 atom stereocenters. The highest BCUT2D eigenvalue weighted by Gasteiger charge is 2.24. The Morgan fingerprint density at radius 2 is 1.76 bits per heavy atom. The fourth-order valence-corrected chi connectivity index (χ4v) is 3.15. The first kappa shape index (κ1) is 15.4. The standard InChI is InChI=1S/C16H18N2O2S/c1-10(2)14(15(19)18-16(17)20)21-13-8-7-11-5-3-4-6-12(11)9-13/h3-10,14H,1-2H3,(H3,17,18,19,20)/t14-/m0/s1. The smallest absolute Gasteiger partial charge is 0.318 e. The third kappa shape index (κ3) is 3.98. The van der Waals surface area contributed by atoms with Gasteiger partial charge in [-0.1, -0.05) is 44.2 Å². The maximum absolute atomic E-state index is 12.0. The van der Waals surface area contributed by atoms with Crippen LogP contribution in [-0.4, -0.2) is 17.2 Å². The van der Waals surface area contributed by atoms with Crippen LogP contribution in [0.15, 0.2) is 47.4 Å². The van der Waals surface area contributed by atoms with E-state index >= 15 is 0 Å². The van der Waals surface area contributed by atoms with Gasteiger partial charge in [0.1, 0.15) is 0 Å². The predicted octanol–water partition coefficient (Wildman–Crippen LogP) is 3.15. The molecule has 2 rings (SSSR count). The fraction of sp³-hybridized carbons (Fsp3) is 0.250. The van der Waals surface area contributed by atoms with Crippen molar-refractivity contribution in [1.82, 2.24) is 5.32 Å². The number of nitrogens with two attached hydrogens (primary N) is 1. The Morgan fingerprint density at radius 1 is 1.10 bits per heavy atom. The Hall–Kier alpha value is -2.01.